The number of sulfonamides is 1. The highest BCUT2D eigenvalue weighted by molar-refractivity contribution is 8.00. The number of carbonyl (C=O) groups excluding carboxylic acids is 1. The Bertz CT molecular complexity index is 910. The summed E-state index contributed by atoms with van der Waals surface area (Å²) in [6.07, 6.45) is -0.133. The van der Waals surface area contributed by atoms with Crippen molar-refractivity contribution in [2.75, 3.05) is 4.31 Å². The summed E-state index contributed by atoms with van der Waals surface area (Å²) in [6.45, 7) is 0. The number of alkyl halides is 3. The number of halogens is 3. The van der Waals surface area contributed by atoms with Gasteiger partial charge in [0.05, 0.1) is 17.0 Å². The molecule has 0 bridgehead atoms. The summed E-state index contributed by atoms with van der Waals surface area (Å²) in [5.74, 6) is -0.706. The van der Waals surface area contributed by atoms with Crippen LogP contribution in [0.2, 0.25) is 0 Å². The lowest BCUT2D eigenvalue weighted by Gasteiger charge is -2.28. The topological polar surface area (TPSA) is 54.5 Å². The molecule has 3 rings (SSSR count). The molecule has 0 atom stereocenters. The molecule has 0 saturated carbocycles. The number of nitrogens with zero attached hydrogens (tertiary/aromatic N) is 1. The second-order valence-corrected chi connectivity index (χ2v) is 7.89. The molecule has 2 aromatic carbocycles. The quantitative estimate of drug-likeness (QED) is 0.755. The Kier molecular flexibility index (Phi) is 4.08. The molecule has 0 aromatic heterocycles. The molecule has 0 saturated heterocycles. The zero-order valence-electron chi connectivity index (χ0n) is 11.9. The molecule has 0 aliphatic carbocycles. The summed E-state index contributed by atoms with van der Waals surface area (Å²) in [5, 5.41) is 0. The Labute approximate surface area is 140 Å². The maximum Gasteiger partial charge on any atom is 0.446 e. The van der Waals surface area contributed by atoms with Crippen molar-refractivity contribution in [3.63, 3.8) is 0 Å². The Morgan fingerprint density at radius 3 is 2.46 bits per heavy atom. The van der Waals surface area contributed by atoms with Gasteiger partial charge in [0.25, 0.3) is 10.0 Å². The van der Waals surface area contributed by atoms with Gasteiger partial charge in [-0.2, -0.15) is 13.2 Å². The van der Waals surface area contributed by atoms with E-state index in [-0.39, 0.29) is 33.7 Å². The fourth-order valence-electron chi connectivity index (χ4n) is 2.46. The molecule has 126 valence electrons. The minimum absolute atomic E-state index is 0.0153. The minimum atomic E-state index is -4.50. The largest absolute Gasteiger partial charge is 0.446 e. The number of hydrogen-bond acceptors (Lipinski definition) is 4. The van der Waals surface area contributed by atoms with Crippen molar-refractivity contribution in [3.8, 4) is 0 Å². The number of thioether (sulfide) groups is 1. The smallest absolute Gasteiger partial charge is 0.273 e. The normalized spacial score (nSPS) is 16.8. The zero-order chi connectivity index (χ0) is 17.5. The first-order valence-corrected chi connectivity index (χ1v) is 8.96. The standard InChI is InChI=1S/C15H10F3NO3S2/c16-15(17,18)23-12-6-3-5-11(9-12)19-14(20)8-10-4-1-2-7-13(10)24(19,21)22/h1-7,9H,8H2. The maximum absolute atomic E-state index is 12.7. The van der Waals surface area contributed by atoms with E-state index in [4.69, 9.17) is 0 Å². The van der Waals surface area contributed by atoms with Crippen LogP contribution in [0.4, 0.5) is 18.9 Å². The zero-order valence-corrected chi connectivity index (χ0v) is 13.6. The van der Waals surface area contributed by atoms with Gasteiger partial charge in [0, 0.05) is 4.90 Å². The van der Waals surface area contributed by atoms with Crippen LogP contribution < -0.4 is 4.31 Å². The predicted molar refractivity (Wildman–Crippen MR) is 83.2 cm³/mol. The molecular weight excluding hydrogens is 363 g/mol. The molecule has 1 heterocycles. The van der Waals surface area contributed by atoms with Crippen molar-refractivity contribution in [1.29, 1.82) is 0 Å². The Hall–Kier alpha value is -2.00. The number of anilines is 1. The van der Waals surface area contributed by atoms with Crippen LogP contribution in [0.25, 0.3) is 0 Å². The lowest BCUT2D eigenvalue weighted by Crippen LogP contribution is -2.42. The van der Waals surface area contributed by atoms with Crippen LogP contribution in [-0.4, -0.2) is 19.8 Å². The van der Waals surface area contributed by atoms with Gasteiger partial charge in [-0.15, -0.1) is 0 Å². The maximum atomic E-state index is 12.7. The SMILES string of the molecule is O=C1Cc2ccccc2S(=O)(=O)N1c1cccc(SC(F)(F)F)c1. The van der Waals surface area contributed by atoms with Gasteiger partial charge in [0.15, 0.2) is 0 Å². The van der Waals surface area contributed by atoms with E-state index in [1.807, 2.05) is 0 Å². The van der Waals surface area contributed by atoms with E-state index >= 15 is 0 Å². The molecule has 1 aliphatic rings. The molecule has 0 unspecified atom stereocenters. The van der Waals surface area contributed by atoms with Gasteiger partial charge in [0.2, 0.25) is 5.91 Å². The average Bonchev–Trinajstić information content (AvgIpc) is 2.45. The Balaban J connectivity index is 2.07. The van der Waals surface area contributed by atoms with Gasteiger partial charge in [-0.25, -0.2) is 12.7 Å². The van der Waals surface area contributed by atoms with Gasteiger partial charge in [-0.1, -0.05) is 24.3 Å². The van der Waals surface area contributed by atoms with Crippen LogP contribution >= 0.6 is 11.8 Å². The summed E-state index contributed by atoms with van der Waals surface area (Å²) in [6, 6.07) is 10.9. The summed E-state index contributed by atoms with van der Waals surface area (Å²) < 4.78 is 63.5. The van der Waals surface area contributed by atoms with Gasteiger partial charge in [-0.3, -0.25) is 4.79 Å². The number of amides is 1. The van der Waals surface area contributed by atoms with Crippen LogP contribution in [-0.2, 0) is 21.2 Å². The van der Waals surface area contributed by atoms with Crippen LogP contribution in [0.3, 0.4) is 0 Å². The molecule has 1 amide bonds. The average molecular weight is 373 g/mol. The number of rotatable bonds is 2. The molecule has 24 heavy (non-hydrogen) atoms. The van der Waals surface area contributed by atoms with Crippen LogP contribution in [0, 0.1) is 0 Å². The Morgan fingerprint density at radius 2 is 1.75 bits per heavy atom. The van der Waals surface area contributed by atoms with Gasteiger partial charge in [-0.05, 0) is 41.6 Å². The molecule has 0 fully saturated rings. The van der Waals surface area contributed by atoms with Crippen molar-refractivity contribution >= 4 is 33.4 Å². The van der Waals surface area contributed by atoms with Crippen LogP contribution in [0.15, 0.2) is 58.3 Å². The van der Waals surface area contributed by atoms with E-state index in [2.05, 4.69) is 0 Å². The third-order valence-corrected chi connectivity index (χ3v) is 5.92. The summed E-state index contributed by atoms with van der Waals surface area (Å²) in [7, 11) is -4.15. The van der Waals surface area contributed by atoms with Crippen LogP contribution in [0.1, 0.15) is 5.56 Å². The second-order valence-electron chi connectivity index (χ2n) is 4.99. The van der Waals surface area contributed by atoms with Crippen LogP contribution in [0.5, 0.6) is 0 Å². The number of hydrogen-bond donors (Lipinski definition) is 0. The number of carbonyl (C=O) groups is 1. The molecular formula is C15H10F3NO3S2. The third-order valence-electron chi connectivity index (χ3n) is 3.34. The lowest BCUT2D eigenvalue weighted by molar-refractivity contribution is -0.117. The summed E-state index contributed by atoms with van der Waals surface area (Å²) in [5.41, 5.74) is -4.24. The van der Waals surface area contributed by atoms with Gasteiger partial charge >= 0.3 is 5.51 Å². The fourth-order valence-corrected chi connectivity index (χ4v) is 4.69. The molecule has 0 N–H and O–H groups in total. The highest BCUT2D eigenvalue weighted by Crippen LogP contribution is 2.39. The van der Waals surface area contributed by atoms with Crippen molar-refractivity contribution in [3.05, 3.63) is 54.1 Å². The highest BCUT2D eigenvalue weighted by Gasteiger charge is 2.38. The molecule has 1 aliphatic heterocycles. The van der Waals surface area contributed by atoms with Crippen molar-refractivity contribution in [1.82, 2.24) is 0 Å². The van der Waals surface area contributed by atoms with Gasteiger partial charge < -0.3 is 0 Å². The van der Waals surface area contributed by atoms with E-state index in [9.17, 15) is 26.4 Å². The molecule has 0 spiro atoms. The van der Waals surface area contributed by atoms with Crippen molar-refractivity contribution < 1.29 is 26.4 Å². The molecule has 4 nitrogen and oxygen atoms in total. The molecule has 0 radical (unpaired) electrons. The van der Waals surface area contributed by atoms with E-state index in [0.717, 1.165) is 6.07 Å². The predicted octanol–water partition coefficient (Wildman–Crippen LogP) is 3.58. The first kappa shape index (κ1) is 16.8. The third kappa shape index (κ3) is 3.13. The molecule has 2 aromatic rings. The lowest BCUT2D eigenvalue weighted by atomic mass is 10.1. The Morgan fingerprint density at radius 1 is 1.04 bits per heavy atom. The monoisotopic (exact) mass is 373 g/mol. The fraction of sp³-hybridized carbons (Fsp3) is 0.133. The van der Waals surface area contributed by atoms with Crippen molar-refractivity contribution in [2.45, 2.75) is 21.7 Å². The van der Waals surface area contributed by atoms with E-state index in [0.29, 0.717) is 9.87 Å². The van der Waals surface area contributed by atoms with Gasteiger partial charge in [0.1, 0.15) is 0 Å². The van der Waals surface area contributed by atoms with E-state index in [1.54, 1.807) is 6.07 Å². The number of benzene rings is 2. The summed E-state index contributed by atoms with van der Waals surface area (Å²) >= 11 is -0.367. The highest BCUT2D eigenvalue weighted by atomic mass is 32.2. The summed E-state index contributed by atoms with van der Waals surface area (Å²) in [4.78, 5) is 12.1. The van der Waals surface area contributed by atoms with E-state index in [1.165, 1.54) is 36.4 Å². The molecule has 9 heteroatoms. The second kappa shape index (κ2) is 5.82. The first-order valence-electron chi connectivity index (χ1n) is 6.70. The van der Waals surface area contributed by atoms with Crippen molar-refractivity contribution in [2.24, 2.45) is 0 Å². The minimum Gasteiger partial charge on any atom is -0.273 e. The van der Waals surface area contributed by atoms with E-state index < -0.39 is 21.4 Å². The first-order chi connectivity index (χ1) is 11.2. The number of fused-ring (bicyclic) bond motifs is 1.